The molecule has 0 aliphatic carbocycles. The molecular weight excluding hydrogens is 164 g/mol. The highest BCUT2D eigenvalue weighted by Gasteiger charge is 2.22. The quantitative estimate of drug-likeness (QED) is 0.596. The van der Waals surface area contributed by atoms with Crippen LogP contribution < -0.4 is 0 Å². The van der Waals surface area contributed by atoms with Gasteiger partial charge in [0.05, 0.1) is 6.10 Å². The van der Waals surface area contributed by atoms with Crippen LogP contribution in [0.15, 0.2) is 0 Å². The molecule has 0 aliphatic heterocycles. The molecule has 0 aromatic carbocycles. The number of halogens is 1. The third-order valence-electron chi connectivity index (χ3n) is 0.788. The average Bonchev–Trinajstić information content (AvgIpc) is 1.62. The van der Waals surface area contributed by atoms with Crippen molar-refractivity contribution in [2.45, 2.75) is 17.7 Å². The van der Waals surface area contributed by atoms with Gasteiger partial charge < -0.3 is 5.11 Å². The van der Waals surface area contributed by atoms with Crippen LogP contribution in [0.4, 0.5) is 0 Å². The third kappa shape index (κ3) is 3.03. The molecule has 0 aromatic heterocycles. The fourth-order valence-electron chi connectivity index (χ4n) is 0.358. The topological polar surface area (TPSA) is 54.4 Å². The van der Waals surface area contributed by atoms with E-state index in [0.717, 1.165) is 6.26 Å². The van der Waals surface area contributed by atoms with Gasteiger partial charge in [-0.3, -0.25) is 0 Å². The third-order valence-corrected chi connectivity index (χ3v) is 3.34. The molecule has 0 saturated carbocycles. The van der Waals surface area contributed by atoms with Crippen LogP contribution in [0.3, 0.4) is 0 Å². The minimum atomic E-state index is -3.29. The second kappa shape index (κ2) is 2.86. The first-order chi connectivity index (χ1) is 3.85. The van der Waals surface area contributed by atoms with Gasteiger partial charge in [0.25, 0.3) is 0 Å². The Kier molecular flexibility index (Phi) is 2.92. The van der Waals surface area contributed by atoms with Crippen LogP contribution in [0.5, 0.6) is 0 Å². The van der Waals surface area contributed by atoms with Crippen molar-refractivity contribution in [3.05, 3.63) is 0 Å². The second-order valence-corrected chi connectivity index (χ2v) is 4.82. The Morgan fingerprint density at radius 3 is 1.89 bits per heavy atom. The van der Waals surface area contributed by atoms with Gasteiger partial charge in [0.1, 0.15) is 0 Å². The Morgan fingerprint density at radius 2 is 1.89 bits per heavy atom. The predicted octanol–water partition coefficient (Wildman–Crippen LogP) is -0.0233. The van der Waals surface area contributed by atoms with E-state index in [4.69, 9.17) is 16.7 Å². The largest absolute Gasteiger partial charge is 0.391 e. The van der Waals surface area contributed by atoms with Crippen molar-refractivity contribution in [1.82, 2.24) is 0 Å². The molecule has 0 amide bonds. The molecule has 0 aliphatic rings. The minimum absolute atomic E-state index is 0.984. The van der Waals surface area contributed by atoms with E-state index in [1.54, 1.807) is 0 Å². The molecule has 0 heterocycles. The summed E-state index contributed by atoms with van der Waals surface area (Å²) in [5, 5.41) is 8.65. The fourth-order valence-corrected chi connectivity index (χ4v) is 1.07. The summed E-state index contributed by atoms with van der Waals surface area (Å²) in [7, 11) is -3.29. The Hall–Kier alpha value is 0.200. The zero-order valence-electron chi connectivity index (χ0n) is 5.20. The van der Waals surface area contributed by atoms with E-state index in [2.05, 4.69) is 0 Å². The van der Waals surface area contributed by atoms with Gasteiger partial charge in [0, 0.05) is 6.26 Å². The highest BCUT2D eigenvalue weighted by Crippen LogP contribution is 2.08. The first-order valence-corrected chi connectivity index (χ1v) is 4.76. The minimum Gasteiger partial charge on any atom is -0.391 e. The van der Waals surface area contributed by atoms with Crippen LogP contribution in [0.1, 0.15) is 6.92 Å². The van der Waals surface area contributed by atoms with Crippen LogP contribution in [-0.4, -0.2) is 30.6 Å². The van der Waals surface area contributed by atoms with E-state index in [1.165, 1.54) is 6.92 Å². The maximum absolute atomic E-state index is 10.5. The Morgan fingerprint density at radius 1 is 1.56 bits per heavy atom. The molecule has 2 atom stereocenters. The van der Waals surface area contributed by atoms with E-state index in [1.807, 2.05) is 0 Å². The lowest BCUT2D eigenvalue weighted by molar-refractivity contribution is 0.208. The summed E-state index contributed by atoms with van der Waals surface area (Å²) in [4.78, 5) is 0. The molecule has 56 valence electrons. The first-order valence-electron chi connectivity index (χ1n) is 2.36. The summed E-state index contributed by atoms with van der Waals surface area (Å²) in [6.45, 7) is 1.33. The monoisotopic (exact) mass is 172 g/mol. The summed E-state index contributed by atoms with van der Waals surface area (Å²) >= 11 is 5.25. The highest BCUT2D eigenvalue weighted by molar-refractivity contribution is 7.92. The van der Waals surface area contributed by atoms with Gasteiger partial charge in [-0.1, -0.05) is 0 Å². The van der Waals surface area contributed by atoms with Crippen molar-refractivity contribution in [2.75, 3.05) is 6.26 Å². The average molecular weight is 173 g/mol. The van der Waals surface area contributed by atoms with Gasteiger partial charge in [0.2, 0.25) is 0 Å². The maximum Gasteiger partial charge on any atom is 0.166 e. The number of aliphatic hydroxyl groups excluding tert-OH is 1. The van der Waals surface area contributed by atoms with Crippen LogP contribution >= 0.6 is 11.6 Å². The van der Waals surface area contributed by atoms with Crippen molar-refractivity contribution in [1.29, 1.82) is 0 Å². The second-order valence-electron chi connectivity index (χ2n) is 1.92. The molecule has 5 heteroatoms. The molecule has 2 unspecified atom stereocenters. The van der Waals surface area contributed by atoms with Crippen LogP contribution in [0.25, 0.3) is 0 Å². The molecule has 0 spiro atoms. The van der Waals surface area contributed by atoms with E-state index < -0.39 is 20.7 Å². The zero-order valence-corrected chi connectivity index (χ0v) is 6.78. The van der Waals surface area contributed by atoms with Crippen molar-refractivity contribution in [3.8, 4) is 0 Å². The van der Waals surface area contributed by atoms with Gasteiger partial charge in [-0.2, -0.15) is 0 Å². The summed E-state index contributed by atoms with van der Waals surface area (Å²) in [5.41, 5.74) is 0. The summed E-state index contributed by atoms with van der Waals surface area (Å²) in [6.07, 6.45) is -0.0288. The van der Waals surface area contributed by atoms with E-state index >= 15 is 0 Å². The van der Waals surface area contributed by atoms with Gasteiger partial charge in [0.15, 0.2) is 14.5 Å². The highest BCUT2D eigenvalue weighted by atomic mass is 35.5. The molecular formula is C4H9ClO3S. The molecule has 0 bridgehead atoms. The lowest BCUT2D eigenvalue weighted by Crippen LogP contribution is -2.25. The SMILES string of the molecule is CC(O)C(Cl)S(C)(=O)=O. The van der Waals surface area contributed by atoms with Gasteiger partial charge in [-0.15, -0.1) is 11.6 Å². The van der Waals surface area contributed by atoms with E-state index in [-0.39, 0.29) is 0 Å². The fraction of sp³-hybridized carbons (Fsp3) is 1.00. The molecule has 0 radical (unpaired) electrons. The zero-order chi connectivity index (χ0) is 7.65. The first kappa shape index (κ1) is 9.20. The maximum atomic E-state index is 10.5. The van der Waals surface area contributed by atoms with Crippen molar-refractivity contribution < 1.29 is 13.5 Å². The Labute approximate surface area is 59.6 Å². The number of alkyl halides is 1. The van der Waals surface area contributed by atoms with E-state index in [9.17, 15) is 8.42 Å². The lowest BCUT2D eigenvalue weighted by atomic mass is 10.5. The normalized spacial score (nSPS) is 19.1. The molecule has 3 nitrogen and oxygen atoms in total. The van der Waals surface area contributed by atoms with Crippen LogP contribution in [0.2, 0.25) is 0 Å². The van der Waals surface area contributed by atoms with Crippen molar-refractivity contribution in [2.24, 2.45) is 0 Å². The number of hydrogen-bond donors (Lipinski definition) is 1. The van der Waals surface area contributed by atoms with Crippen molar-refractivity contribution in [3.63, 3.8) is 0 Å². The Bertz CT molecular complexity index is 172. The summed E-state index contributed by atoms with van der Waals surface area (Å²) < 4.78 is 19.8. The van der Waals surface area contributed by atoms with Gasteiger partial charge in [-0.05, 0) is 6.92 Å². The van der Waals surface area contributed by atoms with Crippen LogP contribution in [0, 0.1) is 0 Å². The van der Waals surface area contributed by atoms with Gasteiger partial charge in [-0.25, -0.2) is 8.42 Å². The molecule has 0 aromatic rings. The number of rotatable bonds is 2. The molecule has 9 heavy (non-hydrogen) atoms. The van der Waals surface area contributed by atoms with Crippen LogP contribution in [-0.2, 0) is 9.84 Å². The molecule has 1 N–H and O–H groups in total. The lowest BCUT2D eigenvalue weighted by Gasteiger charge is -2.08. The van der Waals surface area contributed by atoms with Crippen molar-refractivity contribution >= 4 is 21.4 Å². The molecule has 0 fully saturated rings. The summed E-state index contributed by atoms with van der Waals surface area (Å²) in [5.74, 6) is 0. The van der Waals surface area contributed by atoms with Gasteiger partial charge >= 0.3 is 0 Å². The predicted molar refractivity (Wildman–Crippen MR) is 36.2 cm³/mol. The number of hydrogen-bond acceptors (Lipinski definition) is 3. The van der Waals surface area contributed by atoms with E-state index in [0.29, 0.717) is 0 Å². The number of aliphatic hydroxyl groups is 1. The smallest absolute Gasteiger partial charge is 0.166 e. The molecule has 0 rings (SSSR count). The number of sulfone groups is 1. The Balaban J connectivity index is 4.24. The standard InChI is InChI=1S/C4H9ClO3S/c1-3(6)4(5)9(2,7)8/h3-4,6H,1-2H3. The molecule has 0 saturated heterocycles. The summed E-state index contributed by atoms with van der Waals surface area (Å²) in [6, 6.07) is 0.